The first-order valence-corrected chi connectivity index (χ1v) is 6.17. The van der Waals surface area contributed by atoms with Gasteiger partial charge >= 0.3 is 0 Å². The van der Waals surface area contributed by atoms with Gasteiger partial charge in [0, 0.05) is 17.9 Å². The molecule has 1 aromatic heterocycles. The highest BCUT2D eigenvalue weighted by atomic mass is 16.3. The first-order valence-electron chi connectivity index (χ1n) is 6.17. The molecule has 17 heavy (non-hydrogen) atoms. The topological polar surface area (TPSA) is 25.2 Å². The highest BCUT2D eigenvalue weighted by Gasteiger charge is 2.05. The summed E-state index contributed by atoms with van der Waals surface area (Å²) < 4.78 is 2.20. The third-order valence-electron chi connectivity index (χ3n) is 3.15. The van der Waals surface area contributed by atoms with Crippen LogP contribution in [0, 0.1) is 0 Å². The third-order valence-corrected chi connectivity index (χ3v) is 3.15. The van der Waals surface area contributed by atoms with E-state index in [0.717, 1.165) is 25.1 Å². The van der Waals surface area contributed by atoms with E-state index >= 15 is 0 Å². The van der Waals surface area contributed by atoms with Crippen molar-refractivity contribution in [1.29, 1.82) is 0 Å². The molecule has 2 heteroatoms. The van der Waals surface area contributed by atoms with Crippen LogP contribution in [0.2, 0.25) is 0 Å². The van der Waals surface area contributed by atoms with Gasteiger partial charge in [-0.2, -0.15) is 0 Å². The van der Waals surface area contributed by atoms with Gasteiger partial charge in [-0.05, 0) is 37.5 Å². The van der Waals surface area contributed by atoms with E-state index in [-0.39, 0.29) is 6.61 Å². The van der Waals surface area contributed by atoms with Gasteiger partial charge in [-0.25, -0.2) is 0 Å². The molecule has 0 aliphatic rings. The average molecular weight is 229 g/mol. The molecule has 2 nitrogen and oxygen atoms in total. The number of nitrogens with zero attached hydrogens (tertiary/aromatic N) is 1. The van der Waals surface area contributed by atoms with Crippen LogP contribution in [0.3, 0.4) is 0 Å². The zero-order valence-electron chi connectivity index (χ0n) is 10.3. The van der Waals surface area contributed by atoms with Crippen LogP contribution in [0.1, 0.15) is 23.9 Å². The minimum Gasteiger partial charge on any atom is -0.390 e. The first kappa shape index (κ1) is 11.9. The second-order valence-corrected chi connectivity index (χ2v) is 4.20. The van der Waals surface area contributed by atoms with Crippen LogP contribution < -0.4 is 0 Å². The number of aryl methyl sites for hydroxylation is 2. The number of rotatable bonds is 5. The molecule has 2 aromatic rings. The molecule has 1 aromatic carbocycles. The van der Waals surface area contributed by atoms with E-state index in [1.807, 2.05) is 12.1 Å². The molecule has 90 valence electrons. The van der Waals surface area contributed by atoms with Gasteiger partial charge < -0.3 is 9.67 Å². The second kappa shape index (κ2) is 5.69. The van der Waals surface area contributed by atoms with Crippen molar-refractivity contribution in [3.05, 3.63) is 59.4 Å². The van der Waals surface area contributed by atoms with Gasteiger partial charge in [0.1, 0.15) is 0 Å². The van der Waals surface area contributed by atoms with Crippen molar-refractivity contribution in [2.45, 2.75) is 32.9 Å². The summed E-state index contributed by atoms with van der Waals surface area (Å²) in [6.07, 6.45) is 2.08. The van der Waals surface area contributed by atoms with Crippen molar-refractivity contribution in [1.82, 2.24) is 4.57 Å². The van der Waals surface area contributed by atoms with Gasteiger partial charge in [0.25, 0.3) is 0 Å². The normalized spacial score (nSPS) is 10.7. The molecule has 0 amide bonds. The maximum absolute atomic E-state index is 9.23. The smallest absolute Gasteiger partial charge is 0.0832 e. The quantitative estimate of drug-likeness (QED) is 0.838. The van der Waals surface area contributed by atoms with Crippen molar-refractivity contribution in [2.75, 3.05) is 0 Å². The van der Waals surface area contributed by atoms with Crippen LogP contribution in [0.15, 0.2) is 42.5 Å². The van der Waals surface area contributed by atoms with E-state index in [4.69, 9.17) is 0 Å². The molecule has 0 aliphatic heterocycles. The minimum atomic E-state index is 0.124. The van der Waals surface area contributed by atoms with Crippen molar-refractivity contribution >= 4 is 0 Å². The molecule has 0 unspecified atom stereocenters. The van der Waals surface area contributed by atoms with Crippen molar-refractivity contribution < 1.29 is 5.11 Å². The Hall–Kier alpha value is -1.54. The number of hydrogen-bond acceptors (Lipinski definition) is 1. The minimum absolute atomic E-state index is 0.124. The SMILES string of the molecule is CCn1c(CO)ccc1CCc1ccccc1. The average Bonchev–Trinajstić information content (AvgIpc) is 2.79. The summed E-state index contributed by atoms with van der Waals surface area (Å²) in [5.74, 6) is 0. The fraction of sp³-hybridized carbons (Fsp3) is 0.333. The Morgan fingerprint density at radius 3 is 2.29 bits per heavy atom. The standard InChI is InChI=1S/C15H19NO/c1-2-16-14(10-11-15(16)12-17)9-8-13-6-4-3-5-7-13/h3-7,10-11,17H,2,8-9,12H2,1H3. The molecule has 2 rings (SSSR count). The second-order valence-electron chi connectivity index (χ2n) is 4.20. The fourth-order valence-corrected chi connectivity index (χ4v) is 2.24. The first-order chi connectivity index (χ1) is 8.35. The largest absolute Gasteiger partial charge is 0.390 e. The van der Waals surface area contributed by atoms with Crippen molar-refractivity contribution in [3.8, 4) is 0 Å². The molecule has 0 radical (unpaired) electrons. The highest BCUT2D eigenvalue weighted by molar-refractivity contribution is 5.20. The summed E-state index contributed by atoms with van der Waals surface area (Å²) in [4.78, 5) is 0. The van der Waals surface area contributed by atoms with Crippen LogP contribution in [-0.4, -0.2) is 9.67 Å². The van der Waals surface area contributed by atoms with Gasteiger partial charge in [-0.1, -0.05) is 30.3 Å². The summed E-state index contributed by atoms with van der Waals surface area (Å²) in [6, 6.07) is 14.7. The molecular weight excluding hydrogens is 210 g/mol. The molecule has 0 fully saturated rings. The lowest BCUT2D eigenvalue weighted by molar-refractivity contribution is 0.270. The molecule has 1 heterocycles. The Kier molecular flexibility index (Phi) is 3.99. The third kappa shape index (κ3) is 2.77. The summed E-state index contributed by atoms with van der Waals surface area (Å²) >= 11 is 0. The van der Waals surface area contributed by atoms with E-state index in [0.29, 0.717) is 0 Å². The molecular formula is C15H19NO. The fourth-order valence-electron chi connectivity index (χ4n) is 2.24. The lowest BCUT2D eigenvalue weighted by Crippen LogP contribution is -2.06. The molecule has 0 bridgehead atoms. The molecule has 0 aliphatic carbocycles. The van der Waals surface area contributed by atoms with E-state index < -0.39 is 0 Å². The summed E-state index contributed by atoms with van der Waals surface area (Å²) in [5, 5.41) is 9.23. The van der Waals surface area contributed by atoms with Crippen molar-refractivity contribution in [3.63, 3.8) is 0 Å². The highest BCUT2D eigenvalue weighted by Crippen LogP contribution is 2.12. The Labute approximate surface area is 103 Å². The molecule has 0 spiro atoms. The maximum Gasteiger partial charge on any atom is 0.0832 e. The summed E-state index contributed by atoms with van der Waals surface area (Å²) in [5.41, 5.74) is 3.68. The molecule has 1 N–H and O–H groups in total. The molecule has 0 atom stereocenters. The van der Waals surface area contributed by atoms with E-state index in [2.05, 4.69) is 41.8 Å². The predicted octanol–water partition coefficient (Wildman–Crippen LogP) is 2.79. The maximum atomic E-state index is 9.23. The molecule has 0 saturated heterocycles. The Morgan fingerprint density at radius 1 is 0.941 bits per heavy atom. The lowest BCUT2D eigenvalue weighted by Gasteiger charge is -2.09. The lowest BCUT2D eigenvalue weighted by atomic mass is 10.1. The van der Waals surface area contributed by atoms with Crippen LogP contribution in [0.4, 0.5) is 0 Å². The van der Waals surface area contributed by atoms with Gasteiger partial charge in [0.15, 0.2) is 0 Å². The summed E-state index contributed by atoms with van der Waals surface area (Å²) in [7, 11) is 0. The number of aliphatic hydroxyl groups excluding tert-OH is 1. The van der Waals surface area contributed by atoms with Crippen LogP contribution in [0.25, 0.3) is 0 Å². The van der Waals surface area contributed by atoms with Crippen LogP contribution in [0.5, 0.6) is 0 Å². The van der Waals surface area contributed by atoms with Gasteiger partial charge in [-0.3, -0.25) is 0 Å². The summed E-state index contributed by atoms with van der Waals surface area (Å²) in [6.45, 7) is 3.16. The van der Waals surface area contributed by atoms with Crippen molar-refractivity contribution in [2.24, 2.45) is 0 Å². The van der Waals surface area contributed by atoms with Gasteiger partial charge in [-0.15, -0.1) is 0 Å². The van der Waals surface area contributed by atoms with E-state index in [9.17, 15) is 5.11 Å². The van der Waals surface area contributed by atoms with E-state index in [1.165, 1.54) is 11.3 Å². The van der Waals surface area contributed by atoms with Gasteiger partial charge in [0.05, 0.1) is 6.61 Å². The Morgan fingerprint density at radius 2 is 1.65 bits per heavy atom. The predicted molar refractivity (Wildman–Crippen MR) is 69.9 cm³/mol. The number of benzene rings is 1. The van der Waals surface area contributed by atoms with E-state index in [1.54, 1.807) is 0 Å². The monoisotopic (exact) mass is 229 g/mol. The van der Waals surface area contributed by atoms with Crippen LogP contribution in [-0.2, 0) is 26.0 Å². The number of aromatic nitrogens is 1. The zero-order chi connectivity index (χ0) is 12.1. The van der Waals surface area contributed by atoms with Crippen LogP contribution >= 0.6 is 0 Å². The Bertz CT molecular complexity index is 459. The molecule has 0 saturated carbocycles. The Balaban J connectivity index is 2.06. The number of aliphatic hydroxyl groups is 1. The number of hydrogen-bond donors (Lipinski definition) is 1. The zero-order valence-corrected chi connectivity index (χ0v) is 10.3. The van der Waals surface area contributed by atoms with Gasteiger partial charge in [0.2, 0.25) is 0 Å².